The highest BCUT2D eigenvalue weighted by molar-refractivity contribution is 5.97. The third-order valence-electron chi connectivity index (χ3n) is 2.06. The number of carbonyl (C=O) groups is 2. The molecule has 0 aromatic rings. The lowest BCUT2D eigenvalue weighted by Gasteiger charge is -2.18. The maximum absolute atomic E-state index is 12.0. The number of carbonyl (C=O) groups excluding carboxylic acids is 2. The van der Waals surface area contributed by atoms with Gasteiger partial charge in [-0.3, -0.25) is 9.59 Å². The number of nitrogens with zero attached hydrogens (tertiary/aromatic N) is 2. The van der Waals surface area contributed by atoms with Gasteiger partial charge < -0.3 is 15.0 Å². The first-order valence-electron chi connectivity index (χ1n) is 5.52. The maximum Gasteiger partial charge on any atom is 0.325 e. The summed E-state index contributed by atoms with van der Waals surface area (Å²) in [6, 6.07) is 1.78. The van der Waals surface area contributed by atoms with Gasteiger partial charge in [0, 0.05) is 19.3 Å². The van der Waals surface area contributed by atoms with Crippen LogP contribution in [0, 0.1) is 11.3 Å². The smallest absolute Gasteiger partial charge is 0.325 e. The fourth-order valence-electron chi connectivity index (χ4n) is 1.17. The lowest BCUT2D eigenvalue weighted by molar-refractivity contribution is -0.139. The third-order valence-corrected chi connectivity index (χ3v) is 2.06. The van der Waals surface area contributed by atoms with E-state index in [2.05, 4.69) is 23.2 Å². The van der Waals surface area contributed by atoms with Gasteiger partial charge in [0.25, 0.3) is 5.91 Å². The summed E-state index contributed by atoms with van der Waals surface area (Å²) in [4.78, 5) is 24.3. The molecule has 0 unspecified atom stereocenters. The highest BCUT2D eigenvalue weighted by Crippen LogP contribution is 2.01. The Hall–Kier alpha value is -2.55. The number of methoxy groups -OCH3 is 1. The van der Waals surface area contributed by atoms with Crippen molar-refractivity contribution in [1.29, 1.82) is 5.26 Å². The average molecular weight is 263 g/mol. The van der Waals surface area contributed by atoms with Crippen LogP contribution in [0.1, 0.15) is 0 Å². The molecule has 0 saturated carbocycles. The molecule has 19 heavy (non-hydrogen) atoms. The number of hydrogen-bond acceptors (Lipinski definition) is 5. The molecule has 0 fully saturated rings. The van der Waals surface area contributed by atoms with Crippen molar-refractivity contribution < 1.29 is 14.3 Å². The minimum atomic E-state index is -0.491. The normalized spacial score (nSPS) is 10.0. The van der Waals surface area contributed by atoms with E-state index in [4.69, 9.17) is 5.26 Å². The molecule has 0 atom stereocenters. The number of esters is 1. The van der Waals surface area contributed by atoms with Crippen LogP contribution in [-0.4, -0.2) is 43.5 Å². The molecular formula is C13H17N3O3. The molecule has 6 heteroatoms. The zero-order valence-corrected chi connectivity index (χ0v) is 10.9. The molecule has 0 aromatic carbocycles. The second kappa shape index (κ2) is 9.48. The van der Waals surface area contributed by atoms with Crippen molar-refractivity contribution >= 4 is 11.9 Å². The third kappa shape index (κ3) is 6.07. The second-order valence-corrected chi connectivity index (χ2v) is 3.41. The first kappa shape index (κ1) is 16.4. The second-order valence-electron chi connectivity index (χ2n) is 3.41. The van der Waals surface area contributed by atoms with Gasteiger partial charge in [0.1, 0.15) is 18.2 Å². The summed E-state index contributed by atoms with van der Waals surface area (Å²) >= 11 is 0. The minimum Gasteiger partial charge on any atom is -0.468 e. The van der Waals surface area contributed by atoms with Gasteiger partial charge in [-0.25, -0.2) is 0 Å². The molecule has 1 N–H and O–H groups in total. The maximum atomic E-state index is 12.0. The Bertz CT molecular complexity index is 411. The zero-order chi connectivity index (χ0) is 14.7. The van der Waals surface area contributed by atoms with Crippen LogP contribution in [0.4, 0.5) is 0 Å². The van der Waals surface area contributed by atoms with Crippen LogP contribution in [-0.2, 0) is 14.3 Å². The molecule has 0 radical (unpaired) electrons. The van der Waals surface area contributed by atoms with Crippen LogP contribution in [0.5, 0.6) is 0 Å². The van der Waals surface area contributed by atoms with Crippen LogP contribution < -0.4 is 5.32 Å². The molecule has 0 aliphatic heterocycles. The topological polar surface area (TPSA) is 82.4 Å². The zero-order valence-electron chi connectivity index (χ0n) is 10.9. The average Bonchev–Trinajstić information content (AvgIpc) is 2.42. The van der Waals surface area contributed by atoms with Crippen molar-refractivity contribution in [3.63, 3.8) is 0 Å². The van der Waals surface area contributed by atoms with Crippen LogP contribution in [0.25, 0.3) is 0 Å². The van der Waals surface area contributed by atoms with Gasteiger partial charge in [0.05, 0.1) is 7.11 Å². The van der Waals surface area contributed by atoms with Gasteiger partial charge in [-0.1, -0.05) is 12.2 Å². The van der Waals surface area contributed by atoms with Crippen LogP contribution in [0.3, 0.4) is 0 Å². The minimum absolute atomic E-state index is 0.104. The number of rotatable bonds is 8. The summed E-state index contributed by atoms with van der Waals surface area (Å²) in [6.45, 7) is 7.58. The van der Waals surface area contributed by atoms with E-state index >= 15 is 0 Å². The van der Waals surface area contributed by atoms with Gasteiger partial charge in [-0.05, 0) is 0 Å². The molecule has 1 amide bonds. The van der Waals surface area contributed by atoms with Crippen LogP contribution >= 0.6 is 0 Å². The Morgan fingerprint density at radius 3 is 2.37 bits per heavy atom. The number of hydrogen-bond donors (Lipinski definition) is 1. The molecular weight excluding hydrogens is 246 g/mol. The Morgan fingerprint density at radius 1 is 1.37 bits per heavy atom. The first-order chi connectivity index (χ1) is 9.10. The van der Waals surface area contributed by atoms with E-state index in [1.165, 1.54) is 18.2 Å². The van der Waals surface area contributed by atoms with E-state index in [9.17, 15) is 9.59 Å². The van der Waals surface area contributed by atoms with Gasteiger partial charge >= 0.3 is 5.97 Å². The quantitative estimate of drug-likeness (QED) is 0.296. The molecule has 0 saturated heterocycles. The van der Waals surface area contributed by atoms with Crippen molar-refractivity contribution in [2.45, 2.75) is 0 Å². The van der Waals surface area contributed by atoms with E-state index in [1.54, 1.807) is 18.2 Å². The molecule has 102 valence electrons. The molecule has 0 aliphatic rings. The molecule has 0 bridgehead atoms. The lowest BCUT2D eigenvalue weighted by Crippen LogP contribution is -2.33. The molecule has 0 aliphatic carbocycles. The van der Waals surface area contributed by atoms with E-state index in [1.807, 2.05) is 0 Å². The fourth-order valence-corrected chi connectivity index (χ4v) is 1.17. The summed E-state index contributed by atoms with van der Waals surface area (Å²) in [6.07, 6.45) is 4.30. The van der Waals surface area contributed by atoms with Crippen molar-refractivity contribution in [1.82, 2.24) is 10.2 Å². The van der Waals surface area contributed by atoms with Gasteiger partial charge in [0.2, 0.25) is 0 Å². The monoisotopic (exact) mass is 263 g/mol. The summed E-state index contributed by atoms with van der Waals surface area (Å²) in [5.74, 6) is -0.949. The molecule has 0 rings (SSSR count). The summed E-state index contributed by atoms with van der Waals surface area (Å²) in [5, 5.41) is 11.5. The standard InChI is InChI=1S/C13H17N3O3/c1-4-6-16(7-5-2)13(18)11(8-14)9-15-10-12(17)19-3/h4-5,9,15H,1-2,6-7,10H2,3H3/b11-9-. The molecule has 0 heterocycles. The molecule has 0 aromatic heterocycles. The Balaban J connectivity index is 4.72. The fraction of sp³-hybridized carbons (Fsp3) is 0.308. The van der Waals surface area contributed by atoms with E-state index in [-0.39, 0.29) is 12.1 Å². The van der Waals surface area contributed by atoms with Crippen LogP contribution in [0.15, 0.2) is 37.1 Å². The van der Waals surface area contributed by atoms with Crippen molar-refractivity contribution in [2.24, 2.45) is 0 Å². The number of ether oxygens (including phenoxy) is 1. The predicted molar refractivity (Wildman–Crippen MR) is 70.7 cm³/mol. The largest absolute Gasteiger partial charge is 0.468 e. The van der Waals surface area contributed by atoms with Crippen molar-refractivity contribution in [3.8, 4) is 6.07 Å². The van der Waals surface area contributed by atoms with Gasteiger partial charge in [-0.2, -0.15) is 5.26 Å². The Morgan fingerprint density at radius 2 is 1.95 bits per heavy atom. The highest BCUT2D eigenvalue weighted by Gasteiger charge is 2.15. The predicted octanol–water partition coefficient (Wildman–Crippen LogP) is 0.357. The van der Waals surface area contributed by atoms with Crippen LogP contribution in [0.2, 0.25) is 0 Å². The lowest BCUT2D eigenvalue weighted by atomic mass is 10.2. The number of nitriles is 1. The molecule has 0 spiro atoms. The Labute approximate surface area is 112 Å². The summed E-state index contributed by atoms with van der Waals surface area (Å²) in [5.41, 5.74) is -0.104. The summed E-state index contributed by atoms with van der Waals surface area (Å²) < 4.78 is 4.42. The number of nitrogens with one attached hydrogen (secondary N) is 1. The number of amides is 1. The van der Waals surface area contributed by atoms with E-state index in [0.717, 1.165) is 0 Å². The SMILES string of the molecule is C=CCN(CC=C)C(=O)/C(C#N)=C\NCC(=O)OC. The highest BCUT2D eigenvalue weighted by atomic mass is 16.5. The summed E-state index contributed by atoms with van der Waals surface area (Å²) in [7, 11) is 1.25. The van der Waals surface area contributed by atoms with Crippen molar-refractivity contribution in [3.05, 3.63) is 37.1 Å². The van der Waals surface area contributed by atoms with Gasteiger partial charge in [-0.15, -0.1) is 13.2 Å². The Kier molecular flexibility index (Phi) is 8.21. The van der Waals surface area contributed by atoms with E-state index in [0.29, 0.717) is 13.1 Å². The van der Waals surface area contributed by atoms with E-state index < -0.39 is 11.9 Å². The first-order valence-corrected chi connectivity index (χ1v) is 5.52. The van der Waals surface area contributed by atoms with Crippen molar-refractivity contribution in [2.75, 3.05) is 26.7 Å². The van der Waals surface area contributed by atoms with Gasteiger partial charge in [0.15, 0.2) is 0 Å². The molecule has 6 nitrogen and oxygen atoms in total.